The number of ether oxygens (including phenoxy) is 4. The number of benzene rings is 4. The number of anilines is 1. The molecule has 0 radical (unpaired) electrons. The number of aryl methyl sites for hydroxylation is 1. The molecule has 2 heterocycles. The minimum atomic E-state index is -1.79. The fraction of sp³-hybridized carbons (Fsp3) is 0.375. The molecule has 5 atom stereocenters. The number of hydrogen-bond donors (Lipinski definition) is 1. The van der Waals surface area contributed by atoms with E-state index in [1.165, 1.54) is 6.20 Å². The first-order valence-corrected chi connectivity index (χ1v) is 22.0. The molecule has 1 aliphatic rings. The number of aromatic nitrogens is 2. The number of amides is 1. The topological polar surface area (TPSA) is 146 Å². The first-order chi connectivity index (χ1) is 30.4. The lowest BCUT2D eigenvalue weighted by molar-refractivity contribution is -0.0893. The molecule has 0 bridgehead atoms. The number of halogens is 1. The van der Waals surface area contributed by atoms with Crippen molar-refractivity contribution < 1.29 is 37.2 Å². The average molecular weight is 880 g/mol. The average Bonchev–Trinajstić information content (AvgIpc) is 3.61. The van der Waals surface area contributed by atoms with Crippen LogP contribution in [0.5, 0.6) is 11.5 Å². The number of methoxy groups -OCH3 is 2. The maximum atomic E-state index is 17.4. The molecular weight excluding hydrogens is 825 g/mol. The summed E-state index contributed by atoms with van der Waals surface area (Å²) in [5.74, 6) is -0.0715. The lowest BCUT2D eigenvalue weighted by Crippen LogP contribution is -2.39. The van der Waals surface area contributed by atoms with Crippen molar-refractivity contribution in [3.63, 3.8) is 0 Å². The van der Waals surface area contributed by atoms with Crippen molar-refractivity contribution in [1.82, 2.24) is 14.2 Å². The SMILES string of the molecule is COc1ccc(C(OC[C@H]2O[C@@H](n3cc(C)c(NC(=O)c4ccccc4)nc3=O)[C@@H](F)C2COP(OCCC#N)N(C(C)C)C(C)C)(c2ccccc2)c2ccc(OC)cc2)cc1. The monoisotopic (exact) mass is 879 g/mol. The summed E-state index contributed by atoms with van der Waals surface area (Å²) in [5, 5.41) is 12.0. The van der Waals surface area contributed by atoms with Gasteiger partial charge in [-0.15, -0.1) is 0 Å². The number of hydrogen-bond acceptors (Lipinski definition) is 11. The number of alkyl halides is 1. The molecule has 63 heavy (non-hydrogen) atoms. The van der Waals surface area contributed by atoms with Gasteiger partial charge in [0, 0.05) is 35.3 Å². The van der Waals surface area contributed by atoms with Crippen molar-refractivity contribution in [2.75, 3.05) is 39.4 Å². The van der Waals surface area contributed by atoms with Crippen LogP contribution in [0.25, 0.3) is 0 Å². The normalized spacial score (nSPS) is 18.1. The Morgan fingerprint density at radius 2 is 1.43 bits per heavy atom. The first-order valence-electron chi connectivity index (χ1n) is 20.9. The Morgan fingerprint density at radius 3 is 1.97 bits per heavy atom. The zero-order valence-corrected chi connectivity index (χ0v) is 37.5. The smallest absolute Gasteiger partial charge is 0.351 e. The third-order valence-electron chi connectivity index (χ3n) is 10.8. The van der Waals surface area contributed by atoms with E-state index in [0.717, 1.165) is 21.3 Å². The summed E-state index contributed by atoms with van der Waals surface area (Å²) in [6.45, 7) is 9.55. The number of nitrogens with one attached hydrogen (secondary N) is 1. The van der Waals surface area contributed by atoms with Crippen LogP contribution in [0.2, 0.25) is 0 Å². The van der Waals surface area contributed by atoms with Crippen LogP contribution in [0.3, 0.4) is 0 Å². The molecule has 1 amide bonds. The summed E-state index contributed by atoms with van der Waals surface area (Å²) < 4.78 is 58.1. The molecule has 0 spiro atoms. The van der Waals surface area contributed by atoms with Crippen molar-refractivity contribution in [3.8, 4) is 17.6 Å². The van der Waals surface area contributed by atoms with Crippen molar-refractivity contribution in [1.29, 1.82) is 5.26 Å². The van der Waals surface area contributed by atoms with Gasteiger partial charge in [-0.25, -0.2) is 13.9 Å². The quantitative estimate of drug-likeness (QED) is 0.0454. The molecule has 5 aromatic rings. The molecule has 1 fully saturated rings. The predicted molar refractivity (Wildman–Crippen MR) is 239 cm³/mol. The van der Waals surface area contributed by atoms with E-state index in [2.05, 4.69) is 21.0 Å². The maximum absolute atomic E-state index is 17.4. The van der Waals surface area contributed by atoms with E-state index < -0.39 is 50.1 Å². The minimum Gasteiger partial charge on any atom is -0.497 e. The molecule has 4 aromatic carbocycles. The van der Waals surface area contributed by atoms with Crippen LogP contribution >= 0.6 is 8.53 Å². The Kier molecular flexibility index (Phi) is 16.2. The van der Waals surface area contributed by atoms with Crippen molar-refractivity contribution in [2.45, 2.75) is 77.2 Å². The summed E-state index contributed by atoms with van der Waals surface area (Å²) in [4.78, 5) is 31.0. The number of carbonyl (C=O) groups excluding carboxylic acids is 1. The van der Waals surface area contributed by atoms with E-state index in [-0.39, 0.29) is 44.1 Å². The fourth-order valence-corrected chi connectivity index (χ4v) is 9.38. The minimum absolute atomic E-state index is 0.0000762. The summed E-state index contributed by atoms with van der Waals surface area (Å²) in [6, 6.07) is 35.5. The first kappa shape index (κ1) is 47.0. The van der Waals surface area contributed by atoms with Gasteiger partial charge in [-0.1, -0.05) is 72.8 Å². The highest BCUT2D eigenvalue weighted by Crippen LogP contribution is 2.49. The second kappa shape index (κ2) is 21.7. The predicted octanol–water partition coefficient (Wildman–Crippen LogP) is 8.97. The van der Waals surface area contributed by atoms with Gasteiger partial charge in [-0.2, -0.15) is 10.2 Å². The van der Waals surface area contributed by atoms with E-state index in [1.807, 2.05) is 107 Å². The molecule has 1 aromatic heterocycles. The van der Waals surface area contributed by atoms with Gasteiger partial charge in [-0.05, 0) is 87.7 Å². The molecule has 6 rings (SSSR count). The second-order valence-corrected chi connectivity index (χ2v) is 17.1. The Labute approximate surface area is 369 Å². The van der Waals surface area contributed by atoms with Crippen LogP contribution in [0.1, 0.15) is 73.0 Å². The van der Waals surface area contributed by atoms with Crippen LogP contribution in [0, 0.1) is 24.2 Å². The van der Waals surface area contributed by atoms with E-state index in [0.29, 0.717) is 22.6 Å². The number of rotatable bonds is 20. The zero-order chi connectivity index (χ0) is 45.1. The number of nitriles is 1. The molecule has 15 heteroatoms. The van der Waals surface area contributed by atoms with Gasteiger partial charge in [0.2, 0.25) is 0 Å². The Hall–Kier alpha value is -5.52. The van der Waals surface area contributed by atoms with Crippen molar-refractivity contribution in [2.24, 2.45) is 5.92 Å². The maximum Gasteiger partial charge on any atom is 0.351 e. The van der Waals surface area contributed by atoms with E-state index in [9.17, 15) is 14.9 Å². The van der Waals surface area contributed by atoms with Crippen LogP contribution in [0.15, 0.2) is 120 Å². The molecule has 2 unspecified atom stereocenters. The van der Waals surface area contributed by atoms with Gasteiger partial charge in [0.1, 0.15) is 22.9 Å². The lowest BCUT2D eigenvalue weighted by Gasteiger charge is -2.38. The molecule has 1 N–H and O–H groups in total. The van der Waals surface area contributed by atoms with Crippen LogP contribution < -0.4 is 20.5 Å². The molecule has 13 nitrogen and oxygen atoms in total. The highest BCUT2D eigenvalue weighted by atomic mass is 31.2. The van der Waals surface area contributed by atoms with Gasteiger partial charge in [0.15, 0.2) is 12.4 Å². The Balaban J connectivity index is 1.40. The summed E-state index contributed by atoms with van der Waals surface area (Å²) in [6.07, 6.45) is -2.61. The largest absolute Gasteiger partial charge is 0.497 e. The van der Waals surface area contributed by atoms with Gasteiger partial charge in [0.05, 0.1) is 52.6 Å². The third-order valence-corrected chi connectivity index (χ3v) is 12.9. The summed E-state index contributed by atoms with van der Waals surface area (Å²) in [7, 11) is 1.44. The highest BCUT2D eigenvalue weighted by Gasteiger charge is 2.49. The molecule has 1 saturated heterocycles. The van der Waals surface area contributed by atoms with Crippen LogP contribution in [0.4, 0.5) is 10.2 Å². The van der Waals surface area contributed by atoms with Gasteiger partial charge >= 0.3 is 5.69 Å². The van der Waals surface area contributed by atoms with Crippen molar-refractivity contribution >= 4 is 20.3 Å². The second-order valence-electron chi connectivity index (χ2n) is 15.6. The highest BCUT2D eigenvalue weighted by molar-refractivity contribution is 7.44. The fourth-order valence-electron chi connectivity index (χ4n) is 7.74. The summed E-state index contributed by atoms with van der Waals surface area (Å²) in [5.41, 5.74) is 1.05. The number of carbonyl (C=O) groups is 1. The lowest BCUT2D eigenvalue weighted by atomic mass is 9.80. The number of nitrogens with zero attached hydrogens (tertiary/aromatic N) is 4. The van der Waals surface area contributed by atoms with E-state index in [4.69, 9.17) is 28.0 Å². The van der Waals surface area contributed by atoms with Gasteiger partial charge in [-0.3, -0.25) is 9.36 Å². The summed E-state index contributed by atoms with van der Waals surface area (Å²) >= 11 is 0. The van der Waals surface area contributed by atoms with E-state index >= 15 is 4.39 Å². The van der Waals surface area contributed by atoms with Crippen molar-refractivity contribution in [3.05, 3.63) is 154 Å². The molecule has 1 aliphatic heterocycles. The molecule has 0 aliphatic carbocycles. The van der Waals surface area contributed by atoms with Crippen LogP contribution in [-0.4, -0.2) is 78.5 Å². The van der Waals surface area contributed by atoms with Gasteiger partial charge in [0.25, 0.3) is 14.4 Å². The standard InChI is InChI=1S/C48H55FN5O8P/c1-32(2)54(33(3)4)63(60-28-14-27-50)61-30-41-42(62-46(43(41)49)53-29-34(5)44(52-47(53)56)51-45(55)35-15-10-8-11-16-35)31-59-48(36-17-12-9-13-18-36,37-19-23-39(57-6)24-20-37)38-21-25-40(58-7)26-22-38/h8-13,15-26,29,32-33,41-43,46H,14,28,30-31H2,1-7H3,(H,51,52,55,56)/t41?,42-,43+,46-,63?/m1/s1. The van der Waals surface area contributed by atoms with E-state index in [1.54, 1.807) is 51.5 Å². The Morgan fingerprint density at radius 1 is 0.873 bits per heavy atom. The Bertz CT molecular complexity index is 2290. The third kappa shape index (κ3) is 10.8. The molecule has 332 valence electrons. The zero-order valence-electron chi connectivity index (χ0n) is 36.6. The van der Waals surface area contributed by atoms with Crippen LogP contribution in [-0.2, 0) is 24.1 Å². The molecular formula is C48H55FN5O8P. The molecule has 0 saturated carbocycles. The van der Waals surface area contributed by atoms with Gasteiger partial charge < -0.3 is 33.3 Å².